The van der Waals surface area contributed by atoms with Crippen LogP contribution in [0.15, 0.2) is 12.1 Å². The topological polar surface area (TPSA) is 18.5 Å². The number of rotatable bonds is 11. The van der Waals surface area contributed by atoms with Crippen LogP contribution in [0.5, 0.6) is 11.5 Å². The predicted molar refractivity (Wildman–Crippen MR) is 85.7 cm³/mol. The van der Waals surface area contributed by atoms with Gasteiger partial charge < -0.3 is 9.47 Å². The summed E-state index contributed by atoms with van der Waals surface area (Å²) in [5.74, 6) is -3.19. The van der Waals surface area contributed by atoms with Crippen molar-refractivity contribution in [3.8, 4) is 11.5 Å². The minimum absolute atomic E-state index is 0.189. The van der Waals surface area contributed by atoms with Crippen molar-refractivity contribution in [3.63, 3.8) is 0 Å². The highest BCUT2D eigenvalue weighted by molar-refractivity contribution is 5.35. The van der Waals surface area contributed by atoms with Crippen LogP contribution >= 0.6 is 0 Å². The van der Waals surface area contributed by atoms with E-state index in [2.05, 4.69) is 11.7 Å². The van der Waals surface area contributed by atoms with Gasteiger partial charge in [-0.2, -0.15) is 8.78 Å². The largest absolute Gasteiger partial charge is 0.485 e. The molecule has 1 aromatic carbocycles. The molecular weight excluding hydrogens is 324 g/mol. The highest BCUT2D eigenvalue weighted by Gasteiger charge is 2.31. The molecule has 1 unspecified atom stereocenters. The Morgan fingerprint density at radius 1 is 1.00 bits per heavy atom. The molecule has 0 aliphatic rings. The van der Waals surface area contributed by atoms with Crippen LogP contribution in [-0.4, -0.2) is 12.2 Å². The second-order valence-electron chi connectivity index (χ2n) is 5.98. The highest BCUT2D eigenvalue weighted by atomic mass is 19.3. The van der Waals surface area contributed by atoms with E-state index in [0.29, 0.717) is 6.42 Å². The fourth-order valence-corrected chi connectivity index (χ4v) is 2.34. The van der Waals surface area contributed by atoms with Crippen LogP contribution < -0.4 is 9.47 Å². The van der Waals surface area contributed by atoms with Crippen molar-refractivity contribution in [1.82, 2.24) is 0 Å². The molecule has 6 heteroatoms. The number of hydrogen-bond donors (Lipinski definition) is 0. The molecular formula is C18H26F4O2. The summed E-state index contributed by atoms with van der Waals surface area (Å²) in [4.78, 5) is 0. The Kier molecular flexibility index (Phi) is 8.36. The summed E-state index contributed by atoms with van der Waals surface area (Å²) in [5.41, 5.74) is 0. The number of alkyl halides is 2. The number of benzene rings is 1. The Balaban J connectivity index is 2.70. The van der Waals surface area contributed by atoms with E-state index < -0.39 is 35.7 Å². The first-order valence-corrected chi connectivity index (χ1v) is 8.51. The van der Waals surface area contributed by atoms with Gasteiger partial charge in [-0.25, -0.2) is 8.78 Å². The molecule has 1 aromatic rings. The summed E-state index contributed by atoms with van der Waals surface area (Å²) in [6, 6.07) is 1.46. The average Bonchev–Trinajstić information content (AvgIpc) is 2.47. The lowest BCUT2D eigenvalue weighted by Crippen LogP contribution is -2.24. The van der Waals surface area contributed by atoms with Gasteiger partial charge in [0.2, 0.25) is 0 Å². The first kappa shape index (κ1) is 20.6. The molecule has 1 atom stereocenters. The fourth-order valence-electron chi connectivity index (χ4n) is 2.34. The zero-order valence-corrected chi connectivity index (χ0v) is 14.5. The number of ether oxygens (including phenoxy) is 2. The van der Waals surface area contributed by atoms with Crippen LogP contribution in [-0.2, 0) is 0 Å². The van der Waals surface area contributed by atoms with Crippen molar-refractivity contribution in [2.45, 2.75) is 77.9 Å². The normalized spacial score (nSPS) is 13.0. The third-order valence-corrected chi connectivity index (χ3v) is 3.56. The molecule has 0 aliphatic carbocycles. The van der Waals surface area contributed by atoms with Crippen molar-refractivity contribution in [3.05, 3.63) is 23.8 Å². The average molecular weight is 350 g/mol. The lowest BCUT2D eigenvalue weighted by atomic mass is 10.1. The SMILES string of the molecule is CCCCCCC(C)Oc1c(F)cc(OC(F)(F)CCC)cc1F. The monoisotopic (exact) mass is 350 g/mol. The molecule has 0 saturated heterocycles. The minimum Gasteiger partial charge on any atom is -0.485 e. The second-order valence-corrected chi connectivity index (χ2v) is 5.98. The second kappa shape index (κ2) is 9.74. The molecule has 1 rings (SSSR count). The molecule has 2 nitrogen and oxygen atoms in total. The van der Waals surface area contributed by atoms with Gasteiger partial charge in [0.25, 0.3) is 0 Å². The summed E-state index contributed by atoms with van der Waals surface area (Å²) in [6.07, 6.45) is 0.665. The van der Waals surface area contributed by atoms with E-state index in [4.69, 9.17) is 4.74 Å². The van der Waals surface area contributed by atoms with Gasteiger partial charge in [0, 0.05) is 12.1 Å². The van der Waals surface area contributed by atoms with Crippen LogP contribution in [0.4, 0.5) is 17.6 Å². The quantitative estimate of drug-likeness (QED) is 0.336. The molecule has 0 aliphatic heterocycles. The number of halogens is 4. The Bertz CT molecular complexity index is 483. The molecule has 0 amide bonds. The Morgan fingerprint density at radius 3 is 2.17 bits per heavy atom. The number of unbranched alkanes of at least 4 members (excludes halogenated alkanes) is 3. The van der Waals surface area contributed by atoms with Gasteiger partial charge in [0.05, 0.1) is 12.5 Å². The van der Waals surface area contributed by atoms with Crippen LogP contribution in [0.3, 0.4) is 0 Å². The van der Waals surface area contributed by atoms with Crippen LogP contribution in [0, 0.1) is 11.6 Å². The van der Waals surface area contributed by atoms with Crippen molar-refractivity contribution in [2.75, 3.05) is 0 Å². The van der Waals surface area contributed by atoms with Crippen LogP contribution in [0.25, 0.3) is 0 Å². The zero-order valence-electron chi connectivity index (χ0n) is 14.5. The summed E-state index contributed by atoms with van der Waals surface area (Å²) in [7, 11) is 0. The van der Waals surface area contributed by atoms with E-state index in [9.17, 15) is 17.6 Å². The Morgan fingerprint density at radius 2 is 1.62 bits per heavy atom. The molecule has 138 valence electrons. The third-order valence-electron chi connectivity index (χ3n) is 3.56. The highest BCUT2D eigenvalue weighted by Crippen LogP contribution is 2.32. The molecule has 0 fully saturated rings. The molecule has 0 spiro atoms. The third kappa shape index (κ3) is 6.97. The summed E-state index contributed by atoms with van der Waals surface area (Å²) < 4.78 is 64.4. The minimum atomic E-state index is -3.46. The van der Waals surface area contributed by atoms with Gasteiger partial charge in [-0.15, -0.1) is 0 Å². The summed E-state index contributed by atoms with van der Waals surface area (Å²) >= 11 is 0. The standard InChI is InChI=1S/C18H26F4O2/c1-4-6-7-8-9-13(3)23-17-15(19)11-14(12-16(17)20)24-18(21,22)10-5-2/h11-13H,4-10H2,1-3H3. The van der Waals surface area contributed by atoms with Gasteiger partial charge in [-0.1, -0.05) is 33.1 Å². The lowest BCUT2D eigenvalue weighted by Gasteiger charge is -2.19. The van der Waals surface area contributed by atoms with E-state index in [1.54, 1.807) is 13.8 Å². The van der Waals surface area contributed by atoms with Crippen molar-refractivity contribution in [2.24, 2.45) is 0 Å². The van der Waals surface area contributed by atoms with Gasteiger partial charge in [0.1, 0.15) is 5.75 Å². The smallest absolute Gasteiger partial charge is 0.397 e. The summed E-state index contributed by atoms with van der Waals surface area (Å²) in [5, 5.41) is 0. The van der Waals surface area contributed by atoms with Crippen molar-refractivity contribution >= 4 is 0 Å². The first-order valence-electron chi connectivity index (χ1n) is 8.51. The van der Waals surface area contributed by atoms with E-state index in [0.717, 1.165) is 37.8 Å². The molecule has 0 bridgehead atoms. The Labute approximate surface area is 141 Å². The maximum atomic E-state index is 14.0. The van der Waals surface area contributed by atoms with E-state index >= 15 is 0 Å². The van der Waals surface area contributed by atoms with Crippen molar-refractivity contribution in [1.29, 1.82) is 0 Å². The van der Waals surface area contributed by atoms with Crippen LogP contribution in [0.1, 0.15) is 65.7 Å². The Hall–Kier alpha value is -1.46. The maximum absolute atomic E-state index is 14.0. The predicted octanol–water partition coefficient (Wildman–Crippen LogP) is 6.47. The molecule has 0 heterocycles. The van der Waals surface area contributed by atoms with E-state index in [1.807, 2.05) is 0 Å². The fraction of sp³-hybridized carbons (Fsp3) is 0.667. The first-order chi connectivity index (χ1) is 11.3. The van der Waals surface area contributed by atoms with Gasteiger partial charge >= 0.3 is 6.11 Å². The molecule has 0 saturated carbocycles. The van der Waals surface area contributed by atoms with Crippen molar-refractivity contribution < 1.29 is 27.0 Å². The molecule has 24 heavy (non-hydrogen) atoms. The van der Waals surface area contributed by atoms with E-state index in [1.165, 1.54) is 0 Å². The number of hydrogen-bond acceptors (Lipinski definition) is 2. The zero-order chi connectivity index (χ0) is 18.2. The van der Waals surface area contributed by atoms with Crippen LogP contribution in [0.2, 0.25) is 0 Å². The molecule has 0 aromatic heterocycles. The summed E-state index contributed by atoms with van der Waals surface area (Å²) in [6.45, 7) is 5.39. The van der Waals surface area contributed by atoms with Gasteiger partial charge in [0.15, 0.2) is 17.4 Å². The van der Waals surface area contributed by atoms with Gasteiger partial charge in [-0.05, 0) is 26.2 Å². The molecule has 0 radical (unpaired) electrons. The van der Waals surface area contributed by atoms with E-state index in [-0.39, 0.29) is 12.5 Å². The maximum Gasteiger partial charge on any atom is 0.397 e. The van der Waals surface area contributed by atoms with Gasteiger partial charge in [-0.3, -0.25) is 0 Å². The molecule has 0 N–H and O–H groups in total. The lowest BCUT2D eigenvalue weighted by molar-refractivity contribution is -0.180.